The fraction of sp³-hybridized carbons (Fsp3) is 0.786. The van der Waals surface area contributed by atoms with Crippen molar-refractivity contribution >= 4 is 17.8 Å². The lowest BCUT2D eigenvalue weighted by Crippen LogP contribution is -2.47. The van der Waals surface area contributed by atoms with E-state index >= 15 is 0 Å². The Morgan fingerprint density at radius 3 is 1.80 bits per heavy atom. The highest BCUT2D eigenvalue weighted by Gasteiger charge is 2.42. The van der Waals surface area contributed by atoms with Gasteiger partial charge in [0.05, 0.1) is 14.2 Å². The molecule has 1 aliphatic rings. The molecule has 1 aliphatic carbocycles. The van der Waals surface area contributed by atoms with E-state index in [-0.39, 0.29) is 19.0 Å². The maximum absolute atomic E-state index is 12.7. The molecule has 6 heteroatoms. The largest absolute Gasteiger partial charge is 0.468 e. The quantitative estimate of drug-likeness (QED) is 0.684. The maximum Gasteiger partial charge on any atom is 0.325 e. The van der Waals surface area contributed by atoms with Gasteiger partial charge < -0.3 is 14.4 Å². The number of ether oxygens (including phenoxy) is 2. The predicted molar refractivity (Wildman–Crippen MR) is 71.8 cm³/mol. The van der Waals surface area contributed by atoms with Crippen molar-refractivity contribution in [3.63, 3.8) is 0 Å². The SMILES string of the molecule is CCC1(C(=O)N(CC(=O)OC)CC(=O)OC)CCCC1. The first-order chi connectivity index (χ1) is 9.49. The Morgan fingerprint density at radius 2 is 1.45 bits per heavy atom. The number of carbonyl (C=O) groups excluding carboxylic acids is 3. The van der Waals surface area contributed by atoms with Crippen LogP contribution in [0.5, 0.6) is 0 Å². The molecule has 0 spiro atoms. The molecule has 0 radical (unpaired) electrons. The summed E-state index contributed by atoms with van der Waals surface area (Å²) in [5.74, 6) is -1.22. The van der Waals surface area contributed by atoms with Crippen LogP contribution in [0.15, 0.2) is 0 Å². The lowest BCUT2D eigenvalue weighted by Gasteiger charge is -2.32. The molecule has 1 saturated carbocycles. The van der Waals surface area contributed by atoms with Crippen molar-refractivity contribution in [3.8, 4) is 0 Å². The Balaban J connectivity index is 2.87. The van der Waals surface area contributed by atoms with Gasteiger partial charge in [-0.1, -0.05) is 19.8 Å². The van der Waals surface area contributed by atoms with Crippen LogP contribution in [-0.2, 0) is 23.9 Å². The van der Waals surface area contributed by atoms with E-state index in [1.54, 1.807) is 0 Å². The number of esters is 2. The van der Waals surface area contributed by atoms with Crippen molar-refractivity contribution in [3.05, 3.63) is 0 Å². The summed E-state index contributed by atoms with van der Waals surface area (Å²) >= 11 is 0. The molecule has 0 aliphatic heterocycles. The molecule has 0 unspecified atom stereocenters. The minimum Gasteiger partial charge on any atom is -0.468 e. The zero-order valence-corrected chi connectivity index (χ0v) is 12.4. The van der Waals surface area contributed by atoms with Gasteiger partial charge in [-0.05, 0) is 19.3 Å². The maximum atomic E-state index is 12.7. The molecule has 1 fully saturated rings. The highest BCUT2D eigenvalue weighted by atomic mass is 16.5. The molecule has 1 rings (SSSR count). The van der Waals surface area contributed by atoms with E-state index in [1.807, 2.05) is 6.92 Å². The smallest absolute Gasteiger partial charge is 0.325 e. The van der Waals surface area contributed by atoms with Crippen LogP contribution >= 0.6 is 0 Å². The van der Waals surface area contributed by atoms with E-state index < -0.39 is 17.4 Å². The standard InChI is InChI=1S/C14H23NO5/c1-4-14(7-5-6-8-14)13(18)15(9-11(16)19-2)10-12(17)20-3/h4-10H2,1-3H3. The van der Waals surface area contributed by atoms with Crippen molar-refractivity contribution in [1.82, 2.24) is 4.90 Å². The highest BCUT2D eigenvalue weighted by molar-refractivity contribution is 5.89. The second kappa shape index (κ2) is 7.26. The molecule has 0 saturated heterocycles. The van der Waals surface area contributed by atoms with Gasteiger partial charge in [-0.2, -0.15) is 0 Å². The van der Waals surface area contributed by atoms with Crippen molar-refractivity contribution in [1.29, 1.82) is 0 Å². The normalized spacial score (nSPS) is 16.6. The summed E-state index contributed by atoms with van der Waals surface area (Å²) in [6.45, 7) is 1.54. The summed E-state index contributed by atoms with van der Waals surface area (Å²) in [4.78, 5) is 36.8. The number of carbonyl (C=O) groups is 3. The summed E-state index contributed by atoms with van der Waals surface area (Å²) in [7, 11) is 2.52. The van der Waals surface area contributed by atoms with E-state index in [2.05, 4.69) is 9.47 Å². The Bertz CT molecular complexity index is 356. The molecule has 0 N–H and O–H groups in total. The third-order valence-electron chi connectivity index (χ3n) is 4.07. The molecule has 0 aromatic rings. The van der Waals surface area contributed by atoms with Gasteiger partial charge in [0.1, 0.15) is 13.1 Å². The summed E-state index contributed by atoms with van der Waals surface area (Å²) in [6, 6.07) is 0. The number of rotatable bonds is 6. The fourth-order valence-corrected chi connectivity index (χ4v) is 2.75. The van der Waals surface area contributed by atoms with Crippen LogP contribution in [0.2, 0.25) is 0 Å². The summed E-state index contributed by atoms with van der Waals surface area (Å²) in [6.07, 6.45) is 4.33. The van der Waals surface area contributed by atoms with Crippen LogP contribution < -0.4 is 0 Å². The molecule has 114 valence electrons. The molecule has 0 atom stereocenters. The van der Waals surface area contributed by atoms with E-state index in [0.717, 1.165) is 25.7 Å². The van der Waals surface area contributed by atoms with Crippen LogP contribution in [0.25, 0.3) is 0 Å². The lowest BCUT2D eigenvalue weighted by molar-refractivity contribution is -0.156. The van der Waals surface area contributed by atoms with E-state index in [4.69, 9.17) is 0 Å². The third-order valence-corrected chi connectivity index (χ3v) is 4.07. The second-order valence-electron chi connectivity index (χ2n) is 5.15. The van der Waals surface area contributed by atoms with Crippen molar-refractivity contribution < 1.29 is 23.9 Å². The molecular formula is C14H23NO5. The predicted octanol–water partition coefficient (Wildman–Crippen LogP) is 1.13. The number of hydrogen-bond acceptors (Lipinski definition) is 5. The van der Waals surface area contributed by atoms with Gasteiger partial charge in [-0.15, -0.1) is 0 Å². The van der Waals surface area contributed by atoms with Crippen LogP contribution in [0.1, 0.15) is 39.0 Å². The average Bonchev–Trinajstić information content (AvgIpc) is 2.95. The van der Waals surface area contributed by atoms with Gasteiger partial charge in [0, 0.05) is 5.41 Å². The minimum atomic E-state index is -0.536. The fourth-order valence-electron chi connectivity index (χ4n) is 2.75. The first kappa shape index (κ1) is 16.5. The van der Waals surface area contributed by atoms with Crippen molar-refractivity contribution in [2.75, 3.05) is 27.3 Å². The summed E-state index contributed by atoms with van der Waals surface area (Å²) in [5, 5.41) is 0. The molecule has 0 bridgehead atoms. The van der Waals surface area contributed by atoms with Gasteiger partial charge >= 0.3 is 11.9 Å². The lowest BCUT2D eigenvalue weighted by atomic mass is 9.82. The Hall–Kier alpha value is -1.59. The number of hydrogen-bond donors (Lipinski definition) is 0. The van der Waals surface area contributed by atoms with Gasteiger partial charge in [0.15, 0.2) is 0 Å². The topological polar surface area (TPSA) is 72.9 Å². The number of amides is 1. The van der Waals surface area contributed by atoms with Gasteiger partial charge in [-0.25, -0.2) is 0 Å². The van der Waals surface area contributed by atoms with E-state index in [9.17, 15) is 14.4 Å². The number of nitrogens with zero attached hydrogens (tertiary/aromatic N) is 1. The van der Waals surface area contributed by atoms with Crippen LogP contribution in [0, 0.1) is 5.41 Å². The van der Waals surface area contributed by atoms with E-state index in [0.29, 0.717) is 6.42 Å². The highest BCUT2D eigenvalue weighted by Crippen LogP contribution is 2.42. The van der Waals surface area contributed by atoms with Crippen LogP contribution in [-0.4, -0.2) is 50.1 Å². The van der Waals surface area contributed by atoms with Crippen molar-refractivity contribution in [2.24, 2.45) is 5.41 Å². The molecule has 20 heavy (non-hydrogen) atoms. The third kappa shape index (κ3) is 3.71. The van der Waals surface area contributed by atoms with Crippen LogP contribution in [0.4, 0.5) is 0 Å². The van der Waals surface area contributed by atoms with Gasteiger partial charge in [0.2, 0.25) is 5.91 Å². The zero-order chi connectivity index (χ0) is 15.2. The molecular weight excluding hydrogens is 262 g/mol. The summed E-state index contributed by atoms with van der Waals surface area (Å²) < 4.78 is 9.18. The zero-order valence-electron chi connectivity index (χ0n) is 12.4. The monoisotopic (exact) mass is 285 g/mol. The first-order valence-electron chi connectivity index (χ1n) is 6.92. The molecule has 0 aromatic heterocycles. The van der Waals surface area contributed by atoms with Crippen LogP contribution in [0.3, 0.4) is 0 Å². The molecule has 1 amide bonds. The minimum absolute atomic E-state index is 0.145. The van der Waals surface area contributed by atoms with Gasteiger partial charge in [0.25, 0.3) is 0 Å². The van der Waals surface area contributed by atoms with E-state index in [1.165, 1.54) is 19.1 Å². The Labute approximate surface area is 119 Å². The van der Waals surface area contributed by atoms with Gasteiger partial charge in [-0.3, -0.25) is 14.4 Å². The Kier molecular flexibility index (Phi) is 5.98. The Morgan fingerprint density at radius 1 is 1.00 bits per heavy atom. The first-order valence-corrected chi connectivity index (χ1v) is 6.92. The number of methoxy groups -OCH3 is 2. The average molecular weight is 285 g/mol. The second-order valence-corrected chi connectivity index (χ2v) is 5.15. The summed E-state index contributed by atoms with van der Waals surface area (Å²) in [5.41, 5.74) is -0.442. The van der Waals surface area contributed by atoms with Crippen molar-refractivity contribution in [2.45, 2.75) is 39.0 Å². The molecule has 0 heterocycles. The molecule has 0 aromatic carbocycles. The molecule has 6 nitrogen and oxygen atoms in total.